The maximum atomic E-state index is 11.9. The second-order valence-corrected chi connectivity index (χ2v) is 5.25. The van der Waals surface area contributed by atoms with E-state index in [0.29, 0.717) is 0 Å². The van der Waals surface area contributed by atoms with Crippen LogP contribution in [0.5, 0.6) is 0 Å². The molecule has 0 saturated carbocycles. The summed E-state index contributed by atoms with van der Waals surface area (Å²) in [6.07, 6.45) is 3.04. The number of aldehydes is 1. The minimum atomic E-state index is -0.489. The summed E-state index contributed by atoms with van der Waals surface area (Å²) in [5, 5.41) is 3.25. The van der Waals surface area contributed by atoms with Gasteiger partial charge in [-0.3, -0.25) is 4.79 Å². The number of carbonyl (C=O) groups excluding carboxylic acids is 2. The molecular weight excluding hydrogens is 206 g/mol. The molecule has 0 aromatic carbocycles. The number of rotatable bonds is 4. The Morgan fingerprint density at radius 3 is 2.69 bits per heavy atom. The van der Waals surface area contributed by atoms with Crippen LogP contribution in [0.1, 0.15) is 40.0 Å². The van der Waals surface area contributed by atoms with Gasteiger partial charge in [0.15, 0.2) is 0 Å². The van der Waals surface area contributed by atoms with Gasteiger partial charge in [0.2, 0.25) is 0 Å². The van der Waals surface area contributed by atoms with E-state index in [4.69, 9.17) is 4.74 Å². The van der Waals surface area contributed by atoms with Crippen LogP contribution in [-0.4, -0.2) is 30.4 Å². The van der Waals surface area contributed by atoms with Crippen molar-refractivity contribution in [3.63, 3.8) is 0 Å². The van der Waals surface area contributed by atoms with Crippen molar-refractivity contribution < 1.29 is 14.3 Å². The van der Waals surface area contributed by atoms with Gasteiger partial charge in [-0.2, -0.15) is 0 Å². The third-order valence-corrected chi connectivity index (χ3v) is 2.64. The number of hydrogen-bond donors (Lipinski definition) is 1. The zero-order valence-corrected chi connectivity index (χ0v) is 10.3. The predicted octanol–water partition coefficient (Wildman–Crippen LogP) is 1.29. The van der Waals surface area contributed by atoms with Gasteiger partial charge in [0.05, 0.1) is 5.92 Å². The second-order valence-electron chi connectivity index (χ2n) is 5.25. The Kier molecular flexibility index (Phi) is 4.47. The molecule has 0 amide bonds. The minimum Gasteiger partial charge on any atom is -0.460 e. The summed E-state index contributed by atoms with van der Waals surface area (Å²) in [6.45, 7) is 6.43. The van der Waals surface area contributed by atoms with Gasteiger partial charge in [-0.25, -0.2) is 0 Å². The first-order chi connectivity index (χ1) is 7.44. The van der Waals surface area contributed by atoms with Crippen LogP contribution in [0.2, 0.25) is 0 Å². The van der Waals surface area contributed by atoms with Crippen molar-refractivity contribution in [1.29, 1.82) is 0 Å². The van der Waals surface area contributed by atoms with Crippen LogP contribution in [0.25, 0.3) is 0 Å². The minimum absolute atomic E-state index is 0.0973. The first kappa shape index (κ1) is 13.2. The van der Waals surface area contributed by atoms with Gasteiger partial charge in [-0.05, 0) is 40.2 Å². The van der Waals surface area contributed by atoms with E-state index >= 15 is 0 Å². The molecule has 92 valence electrons. The van der Waals surface area contributed by atoms with Gasteiger partial charge in [0, 0.05) is 12.5 Å². The molecule has 0 aromatic rings. The predicted molar refractivity (Wildman–Crippen MR) is 61.0 cm³/mol. The number of nitrogens with one attached hydrogen (secondary N) is 1. The Bertz CT molecular complexity index is 251. The molecular formula is C12H21NO3. The van der Waals surface area contributed by atoms with Crippen molar-refractivity contribution in [3.05, 3.63) is 0 Å². The van der Waals surface area contributed by atoms with E-state index in [-0.39, 0.29) is 24.3 Å². The summed E-state index contributed by atoms with van der Waals surface area (Å²) < 4.78 is 5.33. The smallest absolute Gasteiger partial charge is 0.311 e. The fourth-order valence-electron chi connectivity index (χ4n) is 1.96. The van der Waals surface area contributed by atoms with Crippen LogP contribution in [0.3, 0.4) is 0 Å². The van der Waals surface area contributed by atoms with Crippen molar-refractivity contribution in [2.24, 2.45) is 5.92 Å². The number of esters is 1. The molecule has 1 fully saturated rings. The molecule has 4 nitrogen and oxygen atoms in total. The molecule has 0 aromatic heterocycles. The lowest BCUT2D eigenvalue weighted by Crippen LogP contribution is -2.39. The first-order valence-electron chi connectivity index (χ1n) is 5.84. The Balaban J connectivity index is 2.61. The van der Waals surface area contributed by atoms with Gasteiger partial charge in [0.25, 0.3) is 0 Å². The highest BCUT2D eigenvalue weighted by atomic mass is 16.6. The van der Waals surface area contributed by atoms with E-state index in [0.717, 1.165) is 25.7 Å². The average molecular weight is 227 g/mol. The van der Waals surface area contributed by atoms with E-state index in [1.54, 1.807) is 0 Å². The topological polar surface area (TPSA) is 55.4 Å². The van der Waals surface area contributed by atoms with Crippen molar-refractivity contribution >= 4 is 12.3 Å². The second kappa shape index (κ2) is 5.43. The number of ether oxygens (including phenoxy) is 1. The van der Waals surface area contributed by atoms with Gasteiger partial charge in [-0.1, -0.05) is 0 Å². The molecule has 2 unspecified atom stereocenters. The van der Waals surface area contributed by atoms with Crippen molar-refractivity contribution in [2.45, 2.75) is 51.7 Å². The monoisotopic (exact) mass is 227 g/mol. The molecule has 0 aliphatic carbocycles. The number of hydrogen-bond acceptors (Lipinski definition) is 4. The lowest BCUT2D eigenvalue weighted by Gasteiger charge is -2.26. The first-order valence-corrected chi connectivity index (χ1v) is 5.84. The van der Waals surface area contributed by atoms with E-state index in [2.05, 4.69) is 5.32 Å². The molecule has 1 N–H and O–H groups in total. The summed E-state index contributed by atoms with van der Waals surface area (Å²) in [4.78, 5) is 22.5. The molecule has 1 heterocycles. The molecule has 1 saturated heterocycles. The van der Waals surface area contributed by atoms with Crippen molar-refractivity contribution in [1.82, 2.24) is 5.32 Å². The summed E-state index contributed by atoms with van der Waals surface area (Å²) in [6, 6.07) is 0.0973. The molecule has 0 radical (unpaired) electrons. The van der Waals surface area contributed by atoms with Gasteiger partial charge in [0.1, 0.15) is 11.9 Å². The molecule has 0 bridgehead atoms. The molecule has 2 atom stereocenters. The quantitative estimate of drug-likeness (QED) is 0.580. The molecule has 1 aliphatic heterocycles. The fourth-order valence-corrected chi connectivity index (χ4v) is 1.96. The largest absolute Gasteiger partial charge is 0.460 e. The van der Waals surface area contributed by atoms with Crippen molar-refractivity contribution in [2.75, 3.05) is 6.54 Å². The third kappa shape index (κ3) is 3.93. The molecule has 1 rings (SSSR count). The lowest BCUT2D eigenvalue weighted by atomic mass is 9.95. The van der Waals surface area contributed by atoms with Crippen LogP contribution in [0.15, 0.2) is 0 Å². The highest BCUT2D eigenvalue weighted by molar-refractivity contribution is 5.76. The van der Waals surface area contributed by atoms with E-state index in [9.17, 15) is 9.59 Å². The summed E-state index contributed by atoms with van der Waals surface area (Å²) in [7, 11) is 0. The highest BCUT2D eigenvalue weighted by Crippen LogP contribution is 2.21. The van der Waals surface area contributed by atoms with Crippen LogP contribution in [0, 0.1) is 5.92 Å². The molecule has 16 heavy (non-hydrogen) atoms. The maximum absolute atomic E-state index is 11.9. The molecule has 4 heteroatoms. The maximum Gasteiger partial charge on any atom is 0.311 e. The Morgan fingerprint density at radius 1 is 1.56 bits per heavy atom. The SMILES string of the molecule is CC(C)(C)OC(=O)C(CC=O)C1CCCN1. The Labute approximate surface area is 96.7 Å². The van der Waals surface area contributed by atoms with E-state index < -0.39 is 5.60 Å². The summed E-state index contributed by atoms with van der Waals surface area (Å²) in [5.74, 6) is -0.599. The lowest BCUT2D eigenvalue weighted by molar-refractivity contribution is -0.161. The van der Waals surface area contributed by atoms with Crippen LogP contribution >= 0.6 is 0 Å². The Morgan fingerprint density at radius 2 is 2.25 bits per heavy atom. The third-order valence-electron chi connectivity index (χ3n) is 2.64. The zero-order chi connectivity index (χ0) is 12.2. The van der Waals surface area contributed by atoms with Crippen LogP contribution in [0.4, 0.5) is 0 Å². The van der Waals surface area contributed by atoms with Crippen LogP contribution < -0.4 is 5.32 Å². The zero-order valence-electron chi connectivity index (χ0n) is 10.3. The van der Waals surface area contributed by atoms with E-state index in [1.807, 2.05) is 20.8 Å². The molecule has 0 spiro atoms. The van der Waals surface area contributed by atoms with Gasteiger partial charge >= 0.3 is 5.97 Å². The molecule has 1 aliphatic rings. The number of carbonyl (C=O) groups is 2. The van der Waals surface area contributed by atoms with E-state index in [1.165, 1.54) is 0 Å². The Hall–Kier alpha value is -0.900. The summed E-state index contributed by atoms with van der Waals surface area (Å²) in [5.41, 5.74) is -0.489. The summed E-state index contributed by atoms with van der Waals surface area (Å²) >= 11 is 0. The van der Waals surface area contributed by atoms with Gasteiger partial charge < -0.3 is 14.8 Å². The highest BCUT2D eigenvalue weighted by Gasteiger charge is 2.33. The average Bonchev–Trinajstić information content (AvgIpc) is 2.63. The fraction of sp³-hybridized carbons (Fsp3) is 0.833. The van der Waals surface area contributed by atoms with Gasteiger partial charge in [-0.15, -0.1) is 0 Å². The van der Waals surface area contributed by atoms with Crippen molar-refractivity contribution in [3.8, 4) is 0 Å². The van der Waals surface area contributed by atoms with Crippen LogP contribution in [-0.2, 0) is 14.3 Å². The standard InChI is InChI=1S/C12H21NO3/c1-12(2,3)16-11(15)9(6-8-14)10-5-4-7-13-10/h8-10,13H,4-7H2,1-3H3. The normalized spacial score (nSPS) is 22.8.